The van der Waals surface area contributed by atoms with E-state index in [1.807, 2.05) is 6.92 Å². The van der Waals surface area contributed by atoms with Crippen molar-refractivity contribution in [2.45, 2.75) is 6.92 Å². The molecule has 0 aliphatic carbocycles. The molecule has 1 aromatic heterocycles. The highest BCUT2D eigenvalue weighted by atomic mass is 32.1. The minimum absolute atomic E-state index is 0.0509. The zero-order valence-corrected chi connectivity index (χ0v) is 12.4. The number of hydrogen-bond acceptors (Lipinski definition) is 7. The van der Waals surface area contributed by atoms with Gasteiger partial charge in [0.25, 0.3) is 5.69 Å². The Kier molecular flexibility index (Phi) is 4.52. The highest BCUT2D eigenvalue weighted by Gasteiger charge is 2.18. The van der Waals surface area contributed by atoms with E-state index in [-0.39, 0.29) is 22.7 Å². The van der Waals surface area contributed by atoms with E-state index in [9.17, 15) is 19.7 Å². The SMILES string of the molecule is Cc1ccc(C(=O)COC(=O)c2cc([N+](=O)[O-])ccc2N)s1. The summed E-state index contributed by atoms with van der Waals surface area (Å²) in [5, 5.41) is 10.7. The van der Waals surface area contributed by atoms with Crippen molar-refractivity contribution in [1.29, 1.82) is 0 Å². The summed E-state index contributed by atoms with van der Waals surface area (Å²) in [5.74, 6) is -1.21. The van der Waals surface area contributed by atoms with Crippen molar-refractivity contribution in [3.05, 3.63) is 55.8 Å². The Morgan fingerprint density at radius 2 is 2.05 bits per heavy atom. The smallest absolute Gasteiger partial charge is 0.340 e. The number of carbonyl (C=O) groups excluding carboxylic acids is 2. The fourth-order valence-electron chi connectivity index (χ4n) is 1.70. The van der Waals surface area contributed by atoms with Crippen LogP contribution in [0.15, 0.2) is 30.3 Å². The van der Waals surface area contributed by atoms with Gasteiger partial charge in [0.1, 0.15) is 0 Å². The summed E-state index contributed by atoms with van der Waals surface area (Å²) in [6, 6.07) is 6.90. The minimum atomic E-state index is -0.872. The van der Waals surface area contributed by atoms with Crippen LogP contribution >= 0.6 is 11.3 Å². The van der Waals surface area contributed by atoms with E-state index in [4.69, 9.17) is 10.5 Å². The van der Waals surface area contributed by atoms with Gasteiger partial charge in [0.2, 0.25) is 5.78 Å². The number of anilines is 1. The van der Waals surface area contributed by atoms with Crippen LogP contribution in [0.3, 0.4) is 0 Å². The van der Waals surface area contributed by atoms with Gasteiger partial charge in [-0.3, -0.25) is 14.9 Å². The van der Waals surface area contributed by atoms with Crippen LogP contribution in [0.1, 0.15) is 24.9 Å². The maximum atomic E-state index is 11.9. The summed E-state index contributed by atoms with van der Waals surface area (Å²) in [6.07, 6.45) is 0. The summed E-state index contributed by atoms with van der Waals surface area (Å²) in [7, 11) is 0. The number of benzene rings is 1. The predicted octanol–water partition coefficient (Wildman–Crippen LogP) is 2.59. The molecule has 8 heteroatoms. The van der Waals surface area contributed by atoms with Crippen molar-refractivity contribution in [1.82, 2.24) is 0 Å². The van der Waals surface area contributed by atoms with Crippen LogP contribution in [0.2, 0.25) is 0 Å². The lowest BCUT2D eigenvalue weighted by molar-refractivity contribution is -0.384. The molecular formula is C14H12N2O5S. The van der Waals surface area contributed by atoms with E-state index in [1.54, 1.807) is 12.1 Å². The Morgan fingerprint density at radius 1 is 1.32 bits per heavy atom. The van der Waals surface area contributed by atoms with Gasteiger partial charge in [0, 0.05) is 22.7 Å². The monoisotopic (exact) mass is 320 g/mol. The number of carbonyl (C=O) groups is 2. The lowest BCUT2D eigenvalue weighted by atomic mass is 10.1. The van der Waals surface area contributed by atoms with E-state index >= 15 is 0 Å². The van der Waals surface area contributed by atoms with E-state index in [0.29, 0.717) is 4.88 Å². The van der Waals surface area contributed by atoms with Crippen LogP contribution in [0.5, 0.6) is 0 Å². The molecular weight excluding hydrogens is 308 g/mol. The average Bonchev–Trinajstić information content (AvgIpc) is 2.91. The second-order valence-electron chi connectivity index (χ2n) is 4.44. The molecule has 0 unspecified atom stereocenters. The van der Waals surface area contributed by atoms with Gasteiger partial charge in [-0.2, -0.15) is 0 Å². The first kappa shape index (κ1) is 15.6. The number of rotatable bonds is 5. The van der Waals surface area contributed by atoms with Gasteiger partial charge in [0.05, 0.1) is 15.4 Å². The van der Waals surface area contributed by atoms with Crippen molar-refractivity contribution in [3.8, 4) is 0 Å². The number of esters is 1. The van der Waals surface area contributed by atoms with Gasteiger partial charge in [0.15, 0.2) is 6.61 Å². The molecule has 0 aliphatic rings. The number of aryl methyl sites for hydroxylation is 1. The van der Waals surface area contributed by atoms with Crippen LogP contribution in [-0.2, 0) is 4.74 Å². The number of nitrogens with two attached hydrogens (primary N) is 1. The number of nitro groups is 1. The second-order valence-corrected chi connectivity index (χ2v) is 5.73. The highest BCUT2D eigenvalue weighted by molar-refractivity contribution is 7.14. The Morgan fingerprint density at radius 3 is 2.64 bits per heavy atom. The number of nitro benzene ring substituents is 1. The molecule has 0 atom stereocenters. The zero-order valence-electron chi connectivity index (χ0n) is 11.6. The van der Waals surface area contributed by atoms with Crippen molar-refractivity contribution >= 4 is 34.5 Å². The molecule has 1 aromatic carbocycles. The maximum Gasteiger partial charge on any atom is 0.340 e. The molecule has 1 heterocycles. The number of hydrogen-bond donors (Lipinski definition) is 1. The van der Waals surface area contributed by atoms with E-state index in [2.05, 4.69) is 0 Å². The van der Waals surface area contributed by atoms with Crippen molar-refractivity contribution < 1.29 is 19.2 Å². The standard InChI is InChI=1S/C14H12N2O5S/c1-8-2-5-13(22-8)12(17)7-21-14(18)10-6-9(16(19)20)3-4-11(10)15/h2-6H,7,15H2,1H3. The third-order valence-corrected chi connectivity index (χ3v) is 3.86. The highest BCUT2D eigenvalue weighted by Crippen LogP contribution is 2.21. The topological polar surface area (TPSA) is 113 Å². The van der Waals surface area contributed by atoms with Gasteiger partial charge in [-0.1, -0.05) is 0 Å². The molecule has 2 aromatic rings. The van der Waals surface area contributed by atoms with E-state index < -0.39 is 17.5 Å². The summed E-state index contributed by atoms with van der Waals surface area (Å²) in [5.41, 5.74) is 5.24. The predicted molar refractivity (Wildman–Crippen MR) is 81.2 cm³/mol. The lowest BCUT2D eigenvalue weighted by Crippen LogP contribution is -2.15. The molecule has 0 spiro atoms. The van der Waals surface area contributed by atoms with Gasteiger partial charge < -0.3 is 10.5 Å². The Labute approximate surface area is 129 Å². The third-order valence-electron chi connectivity index (χ3n) is 2.82. The zero-order chi connectivity index (χ0) is 16.3. The largest absolute Gasteiger partial charge is 0.454 e. The molecule has 0 radical (unpaired) electrons. The Bertz CT molecular complexity index is 753. The van der Waals surface area contributed by atoms with Crippen LogP contribution in [0, 0.1) is 17.0 Å². The molecule has 7 nitrogen and oxygen atoms in total. The first-order valence-electron chi connectivity index (χ1n) is 6.19. The number of ketones is 1. The van der Waals surface area contributed by atoms with Gasteiger partial charge in [-0.05, 0) is 25.1 Å². The Hall–Kier alpha value is -2.74. The molecule has 0 bridgehead atoms. The first-order valence-corrected chi connectivity index (χ1v) is 7.01. The van der Waals surface area contributed by atoms with Crippen LogP contribution in [0.25, 0.3) is 0 Å². The molecule has 0 saturated heterocycles. The summed E-state index contributed by atoms with van der Waals surface area (Å²) in [6.45, 7) is 1.41. The Balaban J connectivity index is 2.08. The quantitative estimate of drug-likeness (QED) is 0.298. The van der Waals surface area contributed by atoms with E-state index in [1.165, 1.54) is 23.5 Å². The molecule has 0 aliphatic heterocycles. The number of non-ortho nitro benzene ring substituents is 1. The molecule has 2 N–H and O–H groups in total. The van der Waals surface area contributed by atoms with Gasteiger partial charge >= 0.3 is 5.97 Å². The molecule has 114 valence electrons. The second kappa shape index (κ2) is 6.35. The summed E-state index contributed by atoms with van der Waals surface area (Å²) >= 11 is 1.30. The minimum Gasteiger partial charge on any atom is -0.454 e. The van der Waals surface area contributed by atoms with Gasteiger partial charge in [-0.25, -0.2) is 4.79 Å². The number of nitrogen functional groups attached to an aromatic ring is 1. The number of ether oxygens (including phenoxy) is 1. The van der Waals surface area contributed by atoms with Crippen LogP contribution < -0.4 is 5.73 Å². The maximum absolute atomic E-state index is 11.9. The molecule has 0 fully saturated rings. The first-order chi connectivity index (χ1) is 10.4. The van der Waals surface area contributed by atoms with Gasteiger partial charge in [-0.15, -0.1) is 11.3 Å². The van der Waals surface area contributed by atoms with Crippen molar-refractivity contribution in [3.63, 3.8) is 0 Å². The molecule has 22 heavy (non-hydrogen) atoms. The van der Waals surface area contributed by atoms with Crippen molar-refractivity contribution in [2.75, 3.05) is 12.3 Å². The molecule has 2 rings (SSSR count). The van der Waals surface area contributed by atoms with Crippen LogP contribution in [-0.4, -0.2) is 23.3 Å². The molecule has 0 amide bonds. The average molecular weight is 320 g/mol. The summed E-state index contributed by atoms with van der Waals surface area (Å²) in [4.78, 5) is 35.3. The molecule has 0 saturated carbocycles. The normalized spacial score (nSPS) is 10.2. The summed E-state index contributed by atoms with van der Waals surface area (Å²) < 4.78 is 4.88. The number of thiophene rings is 1. The fraction of sp³-hybridized carbons (Fsp3) is 0.143. The number of Topliss-reactive ketones (excluding diaryl/α,β-unsaturated/α-hetero) is 1. The fourth-order valence-corrected chi connectivity index (χ4v) is 2.49. The number of nitrogens with zero attached hydrogens (tertiary/aromatic N) is 1. The van der Waals surface area contributed by atoms with Crippen molar-refractivity contribution in [2.24, 2.45) is 0 Å². The van der Waals surface area contributed by atoms with E-state index in [0.717, 1.165) is 10.9 Å². The lowest BCUT2D eigenvalue weighted by Gasteiger charge is -2.06. The van der Waals surface area contributed by atoms with Crippen LogP contribution in [0.4, 0.5) is 11.4 Å². The third kappa shape index (κ3) is 3.47.